The van der Waals surface area contributed by atoms with Crippen molar-refractivity contribution in [2.75, 3.05) is 11.8 Å². The van der Waals surface area contributed by atoms with Crippen LogP contribution in [0.3, 0.4) is 0 Å². The predicted octanol–water partition coefficient (Wildman–Crippen LogP) is 7.77. The number of fused-ring (bicyclic) bond motifs is 1. The molecule has 0 fully saturated rings. The molecule has 0 aliphatic rings. The van der Waals surface area contributed by atoms with Crippen molar-refractivity contribution in [2.24, 2.45) is 10.2 Å². The molecule has 0 saturated heterocycles. The molecule has 3 N–H and O–H groups in total. The molecule has 5 aromatic carbocycles. The normalized spacial score (nSPS) is 12.0. The van der Waals surface area contributed by atoms with E-state index >= 15 is 0 Å². The van der Waals surface area contributed by atoms with Crippen LogP contribution in [0.1, 0.15) is 5.56 Å². The molecule has 0 heterocycles. The molecule has 14 heteroatoms. The molecule has 0 radical (unpaired) electrons. The van der Waals surface area contributed by atoms with Gasteiger partial charge < -0.3 is 14.6 Å². The Labute approximate surface area is 258 Å². The zero-order chi connectivity index (χ0) is 31.6. The fourth-order valence-electron chi connectivity index (χ4n) is 4.17. The number of aryl methyl sites for hydroxylation is 1. The molecular weight excluding hydrogens is 630 g/mol. The zero-order valence-corrected chi connectivity index (χ0v) is 25.5. The maximum absolute atomic E-state index is 13.2. The van der Waals surface area contributed by atoms with Crippen LogP contribution in [0.2, 0.25) is 5.02 Å². The zero-order valence-electron chi connectivity index (χ0n) is 23.1. The van der Waals surface area contributed by atoms with Crippen LogP contribution in [-0.4, -0.2) is 33.6 Å². The second-order valence-electron chi connectivity index (χ2n) is 9.49. The van der Waals surface area contributed by atoms with Crippen molar-refractivity contribution in [3.05, 3.63) is 102 Å². The van der Waals surface area contributed by atoms with Gasteiger partial charge in [0.15, 0.2) is 11.5 Å². The first-order chi connectivity index (χ1) is 20.8. The fourth-order valence-corrected chi connectivity index (χ4v) is 5.94. The average molecular weight is 654 g/mol. The second-order valence-corrected chi connectivity index (χ2v) is 13.0. The van der Waals surface area contributed by atoms with Crippen LogP contribution >= 0.6 is 11.6 Å². The van der Waals surface area contributed by atoms with Crippen LogP contribution in [0, 0.1) is 6.92 Å². The first-order valence-electron chi connectivity index (χ1n) is 12.7. The number of azo groups is 1. The van der Waals surface area contributed by atoms with Gasteiger partial charge in [0, 0.05) is 5.02 Å². The van der Waals surface area contributed by atoms with E-state index in [1.165, 1.54) is 30.3 Å². The van der Waals surface area contributed by atoms with Gasteiger partial charge >= 0.3 is 0 Å². The van der Waals surface area contributed by atoms with Crippen LogP contribution in [0.15, 0.2) is 111 Å². The average Bonchev–Trinajstić information content (AvgIpc) is 2.97. The van der Waals surface area contributed by atoms with Crippen LogP contribution in [0.5, 0.6) is 23.0 Å². The number of hydrogen-bond donors (Lipinski definition) is 3. The molecule has 0 aliphatic heterocycles. The van der Waals surface area contributed by atoms with Crippen LogP contribution in [0.4, 0.5) is 17.1 Å². The van der Waals surface area contributed by atoms with Gasteiger partial charge in [-0.25, -0.2) is 8.42 Å². The standard InChI is InChI=1S/C30H24ClN3O8S2/c1-18-3-11-23(12-4-18)43(36,37)34-27-17-24(44(38,39)40)15-19-5-13-25(30(35)29(19)27)32-33-26-16-20(31)6-14-28(26)42-22-9-7-21(41-2)8-10-22/h3-17,34-35H,1-2H3,(H,38,39,40). The molecule has 44 heavy (non-hydrogen) atoms. The van der Waals surface area contributed by atoms with Crippen molar-refractivity contribution in [3.63, 3.8) is 0 Å². The van der Waals surface area contributed by atoms with Gasteiger partial charge in [-0.3, -0.25) is 9.27 Å². The van der Waals surface area contributed by atoms with Crippen molar-refractivity contribution >= 4 is 59.6 Å². The Hall–Kier alpha value is -4.69. The SMILES string of the molecule is COc1ccc(Oc2ccc(Cl)cc2N=Nc2ccc3cc(S(=O)(=O)O)cc(NS(=O)(=O)c4ccc(C)cc4)c3c2O)cc1. The summed E-state index contributed by atoms with van der Waals surface area (Å²) in [5.41, 5.74) is 0.655. The van der Waals surface area contributed by atoms with Crippen LogP contribution < -0.4 is 14.2 Å². The van der Waals surface area contributed by atoms with Gasteiger partial charge in [0.1, 0.15) is 22.9 Å². The van der Waals surface area contributed by atoms with Crippen molar-refractivity contribution in [1.82, 2.24) is 0 Å². The molecule has 0 spiro atoms. The van der Waals surface area contributed by atoms with Crippen molar-refractivity contribution in [3.8, 4) is 23.0 Å². The number of anilines is 1. The number of aromatic hydroxyl groups is 1. The van der Waals surface area contributed by atoms with E-state index in [1.54, 1.807) is 62.6 Å². The summed E-state index contributed by atoms with van der Waals surface area (Å²) in [6, 6.07) is 22.2. The van der Waals surface area contributed by atoms with Gasteiger partial charge in [-0.15, -0.1) is 10.2 Å². The Balaban J connectivity index is 1.57. The van der Waals surface area contributed by atoms with E-state index < -0.39 is 30.8 Å². The number of rotatable bonds is 9. The Bertz CT molecular complexity index is 2120. The highest BCUT2D eigenvalue weighted by Gasteiger charge is 2.22. The Kier molecular flexibility index (Phi) is 8.48. The molecule has 5 aromatic rings. The molecule has 0 aromatic heterocycles. The quantitative estimate of drug-likeness (QED) is 0.107. The number of ether oxygens (including phenoxy) is 2. The molecule has 0 bridgehead atoms. The molecular formula is C30H24ClN3O8S2. The van der Waals surface area contributed by atoms with Gasteiger partial charge in [0.2, 0.25) is 0 Å². The largest absolute Gasteiger partial charge is 0.505 e. The number of nitrogens with zero attached hydrogens (tertiary/aromatic N) is 2. The van der Waals surface area contributed by atoms with Gasteiger partial charge in [-0.05, 0) is 85.1 Å². The summed E-state index contributed by atoms with van der Waals surface area (Å²) in [7, 11) is -7.44. The molecule has 0 saturated carbocycles. The lowest BCUT2D eigenvalue weighted by atomic mass is 10.1. The topological polar surface area (TPSA) is 164 Å². The van der Waals surface area contributed by atoms with E-state index in [4.69, 9.17) is 21.1 Å². The van der Waals surface area contributed by atoms with Crippen molar-refractivity contribution in [2.45, 2.75) is 16.7 Å². The molecule has 0 aliphatic carbocycles. The molecule has 0 atom stereocenters. The first-order valence-corrected chi connectivity index (χ1v) is 16.0. The number of benzene rings is 5. The second kappa shape index (κ2) is 12.1. The van der Waals surface area contributed by atoms with Gasteiger partial charge in [0.05, 0.1) is 28.0 Å². The number of phenols is 1. The maximum atomic E-state index is 13.2. The van der Waals surface area contributed by atoms with Crippen LogP contribution in [0.25, 0.3) is 10.8 Å². The summed E-state index contributed by atoms with van der Waals surface area (Å²) in [5, 5.41) is 20.0. The van der Waals surface area contributed by atoms with Gasteiger partial charge in [0.25, 0.3) is 20.1 Å². The lowest BCUT2D eigenvalue weighted by Gasteiger charge is -2.14. The smallest absolute Gasteiger partial charge is 0.294 e. The summed E-state index contributed by atoms with van der Waals surface area (Å²) < 4.78 is 73.5. The third kappa shape index (κ3) is 6.76. The van der Waals surface area contributed by atoms with E-state index in [-0.39, 0.29) is 32.7 Å². The summed E-state index contributed by atoms with van der Waals surface area (Å²) >= 11 is 6.19. The number of halogens is 1. The Morgan fingerprint density at radius 3 is 2.09 bits per heavy atom. The molecule has 0 amide bonds. The van der Waals surface area contributed by atoms with Crippen molar-refractivity contribution in [1.29, 1.82) is 0 Å². The highest BCUT2D eigenvalue weighted by Crippen LogP contribution is 2.43. The van der Waals surface area contributed by atoms with Gasteiger partial charge in [-0.1, -0.05) is 35.4 Å². The minimum atomic E-state index is -4.74. The minimum absolute atomic E-state index is 0.0784. The van der Waals surface area contributed by atoms with Crippen LogP contribution in [-0.2, 0) is 20.1 Å². The summed E-state index contributed by atoms with van der Waals surface area (Å²) in [6.07, 6.45) is 0. The molecule has 0 unspecified atom stereocenters. The fraction of sp³-hybridized carbons (Fsp3) is 0.0667. The molecule has 11 nitrogen and oxygen atoms in total. The number of methoxy groups -OCH3 is 1. The van der Waals surface area contributed by atoms with E-state index in [0.29, 0.717) is 22.3 Å². The molecule has 226 valence electrons. The van der Waals surface area contributed by atoms with E-state index in [1.807, 2.05) is 0 Å². The van der Waals surface area contributed by atoms with E-state index in [2.05, 4.69) is 15.0 Å². The van der Waals surface area contributed by atoms with E-state index in [0.717, 1.165) is 17.7 Å². The number of sulfonamides is 1. The first kappa shape index (κ1) is 30.8. The maximum Gasteiger partial charge on any atom is 0.294 e. The highest BCUT2D eigenvalue weighted by atomic mass is 35.5. The highest BCUT2D eigenvalue weighted by molar-refractivity contribution is 7.92. The summed E-state index contributed by atoms with van der Waals surface area (Å²) in [5.74, 6) is 0.921. The lowest BCUT2D eigenvalue weighted by molar-refractivity contribution is 0.413. The van der Waals surface area contributed by atoms with E-state index in [9.17, 15) is 26.5 Å². The number of nitrogens with one attached hydrogen (secondary N) is 1. The Morgan fingerprint density at radius 2 is 1.43 bits per heavy atom. The third-order valence-corrected chi connectivity index (χ3v) is 8.84. The monoisotopic (exact) mass is 653 g/mol. The predicted molar refractivity (Wildman–Crippen MR) is 166 cm³/mol. The van der Waals surface area contributed by atoms with Gasteiger partial charge in [-0.2, -0.15) is 8.42 Å². The van der Waals surface area contributed by atoms with Crippen molar-refractivity contribution < 1.29 is 36.0 Å². The molecule has 5 rings (SSSR count). The lowest BCUT2D eigenvalue weighted by Crippen LogP contribution is -2.14. The Morgan fingerprint density at radius 1 is 0.773 bits per heavy atom. The third-order valence-electron chi connectivity index (χ3n) is 6.39. The summed E-state index contributed by atoms with van der Waals surface area (Å²) in [4.78, 5) is -0.686. The number of hydrogen-bond acceptors (Lipinski definition) is 9. The number of phenolic OH excluding ortho intramolecular Hbond substituents is 1. The minimum Gasteiger partial charge on any atom is -0.505 e. The summed E-state index contributed by atoms with van der Waals surface area (Å²) in [6.45, 7) is 1.79.